The molecule has 0 atom stereocenters. The van der Waals surface area contributed by atoms with Crippen molar-refractivity contribution in [3.63, 3.8) is 0 Å². The first kappa shape index (κ1) is 20.7. The number of hydrogen-bond donors (Lipinski definition) is 1. The van der Waals surface area contributed by atoms with E-state index < -0.39 is 16.6 Å². The van der Waals surface area contributed by atoms with E-state index in [0.29, 0.717) is 28.1 Å². The molecular formula is C22H17FN2O5. The van der Waals surface area contributed by atoms with Crippen molar-refractivity contribution in [2.24, 2.45) is 0 Å². The molecule has 0 unspecified atom stereocenters. The van der Waals surface area contributed by atoms with Gasteiger partial charge in [0.25, 0.3) is 11.6 Å². The van der Waals surface area contributed by atoms with Crippen LogP contribution >= 0.6 is 0 Å². The Bertz CT molecular complexity index is 1100. The first-order valence-electron chi connectivity index (χ1n) is 8.91. The molecule has 3 aromatic carbocycles. The van der Waals surface area contributed by atoms with Gasteiger partial charge in [-0.25, -0.2) is 4.39 Å². The van der Waals surface area contributed by atoms with Crippen molar-refractivity contribution in [3.8, 4) is 5.75 Å². The number of nitrogens with zero attached hydrogens (tertiary/aromatic N) is 1. The average molecular weight is 408 g/mol. The maximum Gasteiger partial charge on any atom is 0.271 e. The van der Waals surface area contributed by atoms with Gasteiger partial charge >= 0.3 is 0 Å². The number of ketones is 1. The molecule has 0 saturated heterocycles. The SMILES string of the molecule is Cc1ccc([N+](=O)[O-])cc1NC(=O)COc1ccc(C(=O)c2ccc(F)cc2)cc1. The third kappa shape index (κ3) is 5.05. The molecule has 30 heavy (non-hydrogen) atoms. The summed E-state index contributed by atoms with van der Waals surface area (Å²) >= 11 is 0. The number of carbonyl (C=O) groups excluding carboxylic acids is 2. The molecule has 0 heterocycles. The molecule has 3 aromatic rings. The fourth-order valence-electron chi connectivity index (χ4n) is 2.66. The van der Waals surface area contributed by atoms with Gasteiger partial charge in [-0.1, -0.05) is 6.07 Å². The molecule has 0 fully saturated rings. The summed E-state index contributed by atoms with van der Waals surface area (Å²) in [5.41, 5.74) is 1.64. The van der Waals surface area contributed by atoms with Gasteiger partial charge in [0, 0.05) is 23.3 Å². The number of aryl methyl sites for hydroxylation is 1. The molecule has 0 aromatic heterocycles. The highest BCUT2D eigenvalue weighted by Crippen LogP contribution is 2.22. The average Bonchev–Trinajstić information content (AvgIpc) is 2.74. The van der Waals surface area contributed by atoms with Crippen molar-refractivity contribution < 1.29 is 23.6 Å². The highest BCUT2D eigenvalue weighted by molar-refractivity contribution is 6.09. The molecule has 0 aliphatic rings. The number of non-ortho nitro benzene ring substituents is 1. The maximum absolute atomic E-state index is 13.0. The number of amides is 1. The number of nitrogens with one attached hydrogen (secondary N) is 1. The second-order valence-electron chi connectivity index (χ2n) is 6.45. The van der Waals surface area contributed by atoms with Crippen LogP contribution in [0.1, 0.15) is 21.5 Å². The predicted molar refractivity (Wildman–Crippen MR) is 108 cm³/mol. The summed E-state index contributed by atoms with van der Waals surface area (Å²) in [5, 5.41) is 13.4. The quantitative estimate of drug-likeness (QED) is 0.357. The smallest absolute Gasteiger partial charge is 0.271 e. The zero-order chi connectivity index (χ0) is 21.7. The first-order chi connectivity index (χ1) is 14.3. The van der Waals surface area contributed by atoms with Crippen LogP contribution in [0.2, 0.25) is 0 Å². The van der Waals surface area contributed by atoms with E-state index in [1.54, 1.807) is 37.3 Å². The normalized spacial score (nSPS) is 10.3. The van der Waals surface area contributed by atoms with Crippen LogP contribution in [0.15, 0.2) is 66.7 Å². The monoisotopic (exact) mass is 408 g/mol. The molecule has 3 rings (SSSR count). The molecule has 0 radical (unpaired) electrons. The Morgan fingerprint density at radius 3 is 2.20 bits per heavy atom. The molecule has 8 heteroatoms. The van der Waals surface area contributed by atoms with E-state index in [0.717, 1.165) is 0 Å². The molecule has 152 valence electrons. The summed E-state index contributed by atoms with van der Waals surface area (Å²) in [6.45, 7) is 1.41. The lowest BCUT2D eigenvalue weighted by molar-refractivity contribution is -0.384. The van der Waals surface area contributed by atoms with Gasteiger partial charge in [-0.3, -0.25) is 19.7 Å². The minimum absolute atomic E-state index is 0.127. The second-order valence-corrected chi connectivity index (χ2v) is 6.45. The highest BCUT2D eigenvalue weighted by Gasteiger charge is 2.12. The summed E-state index contributed by atoms with van der Waals surface area (Å²) in [5.74, 6) is -0.795. The van der Waals surface area contributed by atoms with Crippen molar-refractivity contribution in [2.45, 2.75) is 6.92 Å². The second kappa shape index (κ2) is 8.95. The number of hydrogen-bond acceptors (Lipinski definition) is 5. The van der Waals surface area contributed by atoms with Crippen molar-refractivity contribution in [1.29, 1.82) is 0 Å². The van der Waals surface area contributed by atoms with Crippen LogP contribution in [0.4, 0.5) is 15.8 Å². The van der Waals surface area contributed by atoms with Gasteiger partial charge in [0.2, 0.25) is 0 Å². The Hall–Kier alpha value is -4.07. The molecule has 1 N–H and O–H groups in total. The number of anilines is 1. The molecule has 0 bridgehead atoms. The minimum atomic E-state index is -0.541. The standard InChI is InChI=1S/C22H17FN2O5/c1-14-2-9-18(25(28)29)12-20(14)24-21(26)13-30-19-10-5-16(6-11-19)22(27)15-3-7-17(23)8-4-15/h2-12H,13H2,1H3,(H,24,26). The lowest BCUT2D eigenvalue weighted by Crippen LogP contribution is -2.20. The lowest BCUT2D eigenvalue weighted by atomic mass is 10.0. The molecule has 0 aliphatic heterocycles. The van der Waals surface area contributed by atoms with Crippen LogP contribution in [0, 0.1) is 22.9 Å². The number of carbonyl (C=O) groups is 2. The molecule has 0 aliphatic carbocycles. The van der Waals surface area contributed by atoms with Gasteiger partial charge in [0.05, 0.1) is 10.6 Å². The van der Waals surface area contributed by atoms with E-state index in [2.05, 4.69) is 5.32 Å². The summed E-state index contributed by atoms with van der Waals surface area (Å²) < 4.78 is 18.4. The third-order valence-electron chi connectivity index (χ3n) is 4.30. The number of halogens is 1. The molecular weight excluding hydrogens is 391 g/mol. The summed E-state index contributed by atoms with van der Waals surface area (Å²) in [6.07, 6.45) is 0. The van der Waals surface area contributed by atoms with Crippen molar-refractivity contribution in [2.75, 3.05) is 11.9 Å². The summed E-state index contributed by atoms with van der Waals surface area (Å²) in [7, 11) is 0. The number of nitro groups is 1. The van der Waals surface area contributed by atoms with Crippen LogP contribution in [0.5, 0.6) is 5.75 Å². The molecule has 0 saturated carbocycles. The number of nitro benzene ring substituents is 1. The Morgan fingerprint density at radius 1 is 1.00 bits per heavy atom. The minimum Gasteiger partial charge on any atom is -0.484 e. The fraction of sp³-hybridized carbons (Fsp3) is 0.0909. The van der Waals surface area contributed by atoms with Crippen LogP contribution in [0.3, 0.4) is 0 Å². The lowest BCUT2D eigenvalue weighted by Gasteiger charge is -2.10. The third-order valence-corrected chi connectivity index (χ3v) is 4.30. The first-order valence-corrected chi connectivity index (χ1v) is 8.91. The van der Waals surface area contributed by atoms with E-state index in [9.17, 15) is 24.1 Å². The van der Waals surface area contributed by atoms with Crippen molar-refractivity contribution in [1.82, 2.24) is 0 Å². The van der Waals surface area contributed by atoms with E-state index in [-0.39, 0.29) is 18.1 Å². The summed E-state index contributed by atoms with van der Waals surface area (Å²) in [4.78, 5) is 34.8. The van der Waals surface area contributed by atoms with E-state index in [1.807, 2.05) is 0 Å². The Kier molecular flexibility index (Phi) is 6.17. The van der Waals surface area contributed by atoms with Crippen LogP contribution < -0.4 is 10.1 Å². The number of benzene rings is 3. The highest BCUT2D eigenvalue weighted by atomic mass is 19.1. The maximum atomic E-state index is 13.0. The van der Waals surface area contributed by atoms with Gasteiger partial charge < -0.3 is 10.1 Å². The number of rotatable bonds is 7. The topological polar surface area (TPSA) is 98.5 Å². The zero-order valence-electron chi connectivity index (χ0n) is 15.9. The van der Waals surface area contributed by atoms with Crippen LogP contribution in [-0.4, -0.2) is 23.2 Å². The molecule has 1 amide bonds. The van der Waals surface area contributed by atoms with Gasteiger partial charge in [-0.05, 0) is 61.0 Å². The Labute approximate surface area is 171 Å². The van der Waals surface area contributed by atoms with Crippen molar-refractivity contribution >= 4 is 23.1 Å². The summed E-state index contributed by atoms with van der Waals surface area (Å²) in [6, 6.07) is 15.6. The molecule has 0 spiro atoms. The van der Waals surface area contributed by atoms with Crippen LogP contribution in [-0.2, 0) is 4.79 Å². The van der Waals surface area contributed by atoms with Crippen LogP contribution in [0.25, 0.3) is 0 Å². The Morgan fingerprint density at radius 2 is 1.60 bits per heavy atom. The number of ether oxygens (including phenoxy) is 1. The van der Waals surface area contributed by atoms with Gasteiger partial charge in [-0.2, -0.15) is 0 Å². The van der Waals surface area contributed by atoms with E-state index >= 15 is 0 Å². The van der Waals surface area contributed by atoms with E-state index in [4.69, 9.17) is 4.74 Å². The van der Waals surface area contributed by atoms with Crippen molar-refractivity contribution in [3.05, 3.63) is 99.4 Å². The van der Waals surface area contributed by atoms with Gasteiger partial charge in [-0.15, -0.1) is 0 Å². The van der Waals surface area contributed by atoms with E-state index in [1.165, 1.54) is 36.4 Å². The zero-order valence-corrected chi connectivity index (χ0v) is 15.9. The molecule has 7 nitrogen and oxygen atoms in total. The van der Waals surface area contributed by atoms with Gasteiger partial charge in [0.15, 0.2) is 12.4 Å². The Balaban J connectivity index is 1.59. The fourth-order valence-corrected chi connectivity index (χ4v) is 2.66. The largest absolute Gasteiger partial charge is 0.484 e. The van der Waals surface area contributed by atoms with Gasteiger partial charge in [0.1, 0.15) is 11.6 Å². The predicted octanol–water partition coefficient (Wildman–Crippen LogP) is 4.29.